The van der Waals surface area contributed by atoms with Gasteiger partial charge in [-0.05, 0) is 54.1 Å². The lowest BCUT2D eigenvalue weighted by Crippen LogP contribution is -1.92. The van der Waals surface area contributed by atoms with E-state index in [1.54, 1.807) is 24.5 Å². The molecule has 3 aromatic rings. The summed E-state index contributed by atoms with van der Waals surface area (Å²) < 4.78 is 12.9. The summed E-state index contributed by atoms with van der Waals surface area (Å²) in [6.45, 7) is 0.275. The number of oxime groups is 1. The molecule has 0 atom stereocenters. The molecule has 0 unspecified atom stereocenters. The second-order valence-electron chi connectivity index (χ2n) is 5.09. The van der Waals surface area contributed by atoms with Gasteiger partial charge in [0.05, 0.1) is 6.21 Å². The largest absolute Gasteiger partial charge is 0.391 e. The maximum Gasteiger partial charge on any atom is 0.142 e. The van der Waals surface area contributed by atoms with Crippen molar-refractivity contribution in [2.75, 3.05) is 0 Å². The maximum absolute atomic E-state index is 12.9. The molecule has 0 spiro atoms. The number of halogens is 2. The van der Waals surface area contributed by atoms with Gasteiger partial charge in [0.25, 0.3) is 0 Å². The van der Waals surface area contributed by atoms with Crippen LogP contribution < -0.4 is 0 Å². The van der Waals surface area contributed by atoms with Crippen molar-refractivity contribution in [3.05, 3.63) is 88.8 Å². The fraction of sp³-hybridized carbons (Fsp3) is 0.0526. The second-order valence-corrected chi connectivity index (χ2v) is 6.59. The van der Waals surface area contributed by atoms with E-state index in [-0.39, 0.29) is 12.4 Å². The Bertz CT molecular complexity index is 854. The van der Waals surface area contributed by atoms with Gasteiger partial charge in [0, 0.05) is 21.7 Å². The monoisotopic (exact) mass is 372 g/mol. The highest BCUT2D eigenvalue weighted by atomic mass is 35.5. The summed E-state index contributed by atoms with van der Waals surface area (Å²) in [4.78, 5) is 10.7. The molecule has 1 heterocycles. The number of pyridine rings is 1. The summed E-state index contributed by atoms with van der Waals surface area (Å²) in [7, 11) is 0. The van der Waals surface area contributed by atoms with Gasteiger partial charge in [-0.25, -0.2) is 9.37 Å². The number of aromatic nitrogens is 1. The molecule has 0 saturated carbocycles. The Hall–Kier alpha value is -2.37. The van der Waals surface area contributed by atoms with Crippen LogP contribution in [0.4, 0.5) is 4.39 Å². The number of benzene rings is 2. The summed E-state index contributed by atoms with van der Waals surface area (Å²) in [5, 5.41) is 5.50. The zero-order valence-corrected chi connectivity index (χ0v) is 14.7. The molecule has 126 valence electrons. The Kier molecular flexibility index (Phi) is 6.04. The predicted octanol–water partition coefficient (Wildman–Crippen LogP) is 5.58. The molecule has 0 fully saturated rings. The van der Waals surface area contributed by atoms with E-state index < -0.39 is 0 Å². The van der Waals surface area contributed by atoms with Gasteiger partial charge >= 0.3 is 0 Å². The molecular formula is C19H14ClFN2OS. The lowest BCUT2D eigenvalue weighted by Gasteiger charge is -2.04. The lowest BCUT2D eigenvalue weighted by molar-refractivity contribution is 0.132. The van der Waals surface area contributed by atoms with Gasteiger partial charge in [0.15, 0.2) is 0 Å². The summed E-state index contributed by atoms with van der Waals surface area (Å²) in [5.74, 6) is -0.272. The number of hydrogen-bond acceptors (Lipinski definition) is 4. The molecule has 0 saturated heterocycles. The third-order valence-corrected chi connectivity index (χ3v) is 4.53. The van der Waals surface area contributed by atoms with Gasteiger partial charge in [-0.1, -0.05) is 40.7 Å². The minimum absolute atomic E-state index is 0.272. The maximum atomic E-state index is 12.9. The standard InChI is InChI=1S/C19H14ClFN2OS/c20-16-5-9-18(10-6-16)25-19-15(2-1-11-22-19)12-23-24-13-14-3-7-17(21)8-4-14/h1-12H,13H2. The predicted molar refractivity (Wildman–Crippen MR) is 98.6 cm³/mol. The normalized spacial score (nSPS) is 11.0. The average Bonchev–Trinajstić information content (AvgIpc) is 2.63. The van der Waals surface area contributed by atoms with Crippen LogP contribution in [0.5, 0.6) is 0 Å². The molecule has 2 aromatic carbocycles. The van der Waals surface area contributed by atoms with Gasteiger partial charge in [0.2, 0.25) is 0 Å². The SMILES string of the molecule is Fc1ccc(CON=Cc2cccnc2Sc2ccc(Cl)cc2)cc1. The minimum Gasteiger partial charge on any atom is -0.391 e. The smallest absolute Gasteiger partial charge is 0.142 e. The molecular weight excluding hydrogens is 359 g/mol. The Morgan fingerprint density at radius 3 is 2.60 bits per heavy atom. The van der Waals surface area contributed by atoms with E-state index in [2.05, 4.69) is 10.1 Å². The van der Waals surface area contributed by atoms with Crippen molar-refractivity contribution in [2.45, 2.75) is 16.5 Å². The molecule has 0 bridgehead atoms. The topological polar surface area (TPSA) is 34.5 Å². The highest BCUT2D eigenvalue weighted by Gasteiger charge is 2.04. The third-order valence-electron chi connectivity index (χ3n) is 3.24. The first kappa shape index (κ1) is 17.5. The van der Waals surface area contributed by atoms with Gasteiger partial charge in [0.1, 0.15) is 17.5 Å². The Balaban J connectivity index is 1.63. The molecule has 3 nitrogen and oxygen atoms in total. The van der Waals surface area contributed by atoms with Crippen LogP contribution >= 0.6 is 23.4 Å². The van der Waals surface area contributed by atoms with E-state index in [9.17, 15) is 4.39 Å². The van der Waals surface area contributed by atoms with Crippen LogP contribution in [0.25, 0.3) is 0 Å². The Morgan fingerprint density at radius 1 is 1.08 bits per heavy atom. The van der Waals surface area contributed by atoms with Crippen molar-refractivity contribution < 1.29 is 9.23 Å². The van der Waals surface area contributed by atoms with Gasteiger partial charge in [-0.3, -0.25) is 0 Å². The fourth-order valence-corrected chi connectivity index (χ4v) is 2.96. The molecule has 0 amide bonds. The van der Waals surface area contributed by atoms with Crippen molar-refractivity contribution in [3.8, 4) is 0 Å². The van der Waals surface area contributed by atoms with Crippen LogP contribution in [-0.2, 0) is 11.4 Å². The highest BCUT2D eigenvalue weighted by molar-refractivity contribution is 7.99. The molecule has 0 aliphatic carbocycles. The minimum atomic E-state index is -0.272. The van der Waals surface area contributed by atoms with E-state index in [0.717, 1.165) is 21.0 Å². The van der Waals surface area contributed by atoms with Gasteiger partial charge in [-0.15, -0.1) is 0 Å². The zero-order valence-electron chi connectivity index (χ0n) is 13.1. The number of nitrogens with zero attached hydrogens (tertiary/aromatic N) is 2. The summed E-state index contributed by atoms with van der Waals surface area (Å²) in [6, 6.07) is 17.4. The quantitative estimate of drug-likeness (QED) is 0.418. The van der Waals surface area contributed by atoms with Crippen molar-refractivity contribution in [3.63, 3.8) is 0 Å². The number of rotatable bonds is 6. The first-order valence-corrected chi connectivity index (χ1v) is 8.68. The molecule has 0 N–H and O–H groups in total. The van der Waals surface area contributed by atoms with E-state index in [1.165, 1.54) is 23.9 Å². The summed E-state index contributed by atoms with van der Waals surface area (Å²) >= 11 is 7.43. The highest BCUT2D eigenvalue weighted by Crippen LogP contribution is 2.28. The van der Waals surface area contributed by atoms with Crippen LogP contribution in [0.2, 0.25) is 5.02 Å². The van der Waals surface area contributed by atoms with Gasteiger partial charge < -0.3 is 4.84 Å². The third kappa shape index (κ3) is 5.31. The second kappa shape index (κ2) is 8.65. The first-order valence-electron chi connectivity index (χ1n) is 7.49. The average molecular weight is 373 g/mol. The lowest BCUT2D eigenvalue weighted by atomic mass is 10.2. The molecule has 1 aromatic heterocycles. The number of hydrogen-bond donors (Lipinski definition) is 0. The molecule has 25 heavy (non-hydrogen) atoms. The van der Waals surface area contributed by atoms with Crippen LogP contribution in [0.3, 0.4) is 0 Å². The van der Waals surface area contributed by atoms with E-state index in [0.29, 0.717) is 5.02 Å². The van der Waals surface area contributed by atoms with E-state index in [1.807, 2.05) is 36.4 Å². The van der Waals surface area contributed by atoms with Crippen LogP contribution in [-0.4, -0.2) is 11.2 Å². The Morgan fingerprint density at radius 2 is 1.84 bits per heavy atom. The summed E-state index contributed by atoms with van der Waals surface area (Å²) in [5.41, 5.74) is 1.70. The van der Waals surface area contributed by atoms with Crippen molar-refractivity contribution >= 4 is 29.6 Å². The van der Waals surface area contributed by atoms with Gasteiger partial charge in [-0.2, -0.15) is 0 Å². The van der Waals surface area contributed by atoms with E-state index >= 15 is 0 Å². The van der Waals surface area contributed by atoms with E-state index in [4.69, 9.17) is 16.4 Å². The zero-order chi connectivity index (χ0) is 17.5. The molecule has 6 heteroatoms. The molecule has 0 aliphatic rings. The molecule has 3 rings (SSSR count). The summed E-state index contributed by atoms with van der Waals surface area (Å²) in [6.07, 6.45) is 3.35. The van der Waals surface area contributed by atoms with Crippen LogP contribution in [0.15, 0.2) is 81.9 Å². The fourth-order valence-electron chi connectivity index (χ4n) is 1.99. The van der Waals surface area contributed by atoms with Crippen molar-refractivity contribution in [1.29, 1.82) is 0 Å². The first-order chi connectivity index (χ1) is 12.2. The van der Waals surface area contributed by atoms with Crippen molar-refractivity contribution in [2.24, 2.45) is 5.16 Å². The van der Waals surface area contributed by atoms with Crippen molar-refractivity contribution in [1.82, 2.24) is 4.98 Å². The Labute approximate surface area is 154 Å². The molecule has 0 aliphatic heterocycles. The van der Waals surface area contributed by atoms with Crippen LogP contribution in [0, 0.1) is 5.82 Å². The van der Waals surface area contributed by atoms with Crippen LogP contribution in [0.1, 0.15) is 11.1 Å². The molecule has 0 radical (unpaired) electrons.